The molecule has 0 spiro atoms. The Labute approximate surface area is 188 Å². The lowest BCUT2D eigenvalue weighted by Gasteiger charge is -2.11. The molecule has 33 heavy (non-hydrogen) atoms. The van der Waals surface area contributed by atoms with E-state index in [0.29, 0.717) is 17.0 Å². The molecule has 2 heterocycles. The molecule has 1 atom stereocenters. The lowest BCUT2D eigenvalue weighted by atomic mass is 10.0. The summed E-state index contributed by atoms with van der Waals surface area (Å²) in [6, 6.07) is 21.2. The molecule has 2 N–H and O–H groups in total. The standard InChI is InChI=1S/C24H18FN5O3/c1-32-19-13-15(11-12-17(19)25)23-29-30-24(33-23)28-21-22(31)26-18-10-6-5-9-16(18)20(27-21)14-7-3-2-4-8-14/h2-13,21H,1H3,(H,26,31)(H,28,30). The summed E-state index contributed by atoms with van der Waals surface area (Å²) in [4.78, 5) is 17.6. The van der Waals surface area contributed by atoms with Crippen molar-refractivity contribution < 1.29 is 18.3 Å². The number of anilines is 2. The fraction of sp³-hybridized carbons (Fsp3) is 0.0833. The first-order valence-corrected chi connectivity index (χ1v) is 10.1. The lowest BCUT2D eigenvalue weighted by molar-refractivity contribution is -0.116. The number of methoxy groups -OCH3 is 1. The van der Waals surface area contributed by atoms with E-state index in [1.807, 2.05) is 54.6 Å². The van der Waals surface area contributed by atoms with Crippen molar-refractivity contribution in [3.63, 3.8) is 0 Å². The van der Waals surface area contributed by atoms with Gasteiger partial charge < -0.3 is 19.8 Å². The van der Waals surface area contributed by atoms with E-state index in [4.69, 9.17) is 9.15 Å². The van der Waals surface area contributed by atoms with Crippen LogP contribution in [0.3, 0.4) is 0 Å². The Morgan fingerprint density at radius 2 is 1.79 bits per heavy atom. The predicted octanol–water partition coefficient (Wildman–Crippen LogP) is 4.11. The van der Waals surface area contributed by atoms with Gasteiger partial charge in [-0.15, -0.1) is 5.10 Å². The maximum absolute atomic E-state index is 13.7. The quantitative estimate of drug-likeness (QED) is 0.481. The van der Waals surface area contributed by atoms with Crippen molar-refractivity contribution in [3.05, 3.63) is 89.7 Å². The summed E-state index contributed by atoms with van der Waals surface area (Å²) < 4.78 is 24.4. The smallest absolute Gasteiger partial charge is 0.317 e. The number of ether oxygens (including phenoxy) is 1. The minimum Gasteiger partial charge on any atom is -0.494 e. The maximum Gasteiger partial charge on any atom is 0.317 e. The zero-order valence-corrected chi connectivity index (χ0v) is 17.4. The first kappa shape index (κ1) is 20.4. The Morgan fingerprint density at radius 1 is 1.00 bits per heavy atom. The minimum absolute atomic E-state index is 0.00411. The van der Waals surface area contributed by atoms with Crippen molar-refractivity contribution in [2.45, 2.75) is 6.17 Å². The summed E-state index contributed by atoms with van der Waals surface area (Å²) in [6.45, 7) is 0. The maximum atomic E-state index is 13.7. The van der Waals surface area contributed by atoms with Crippen LogP contribution in [-0.2, 0) is 4.79 Å². The molecule has 0 bridgehead atoms. The summed E-state index contributed by atoms with van der Waals surface area (Å²) >= 11 is 0. The Hall–Kier alpha value is -4.53. The number of hydrogen-bond acceptors (Lipinski definition) is 7. The summed E-state index contributed by atoms with van der Waals surface area (Å²) in [6.07, 6.45) is -1.02. The molecule has 1 aliphatic rings. The number of benzene rings is 3. The van der Waals surface area contributed by atoms with Crippen LogP contribution in [0.25, 0.3) is 11.5 Å². The third-order valence-corrected chi connectivity index (χ3v) is 5.08. The molecule has 1 unspecified atom stereocenters. The number of aromatic nitrogens is 2. The van der Waals surface area contributed by atoms with E-state index in [1.54, 1.807) is 0 Å². The SMILES string of the molecule is COc1cc(-c2nnc(NC3N=C(c4ccccc4)c4ccccc4NC3=O)o2)ccc1F. The first-order valence-electron chi connectivity index (χ1n) is 10.1. The summed E-state index contributed by atoms with van der Waals surface area (Å²) in [5, 5.41) is 13.7. The average molecular weight is 443 g/mol. The third-order valence-electron chi connectivity index (χ3n) is 5.08. The number of nitrogens with one attached hydrogen (secondary N) is 2. The molecule has 0 saturated heterocycles. The third kappa shape index (κ3) is 4.03. The van der Waals surface area contributed by atoms with Crippen molar-refractivity contribution in [3.8, 4) is 17.2 Å². The number of para-hydroxylation sites is 1. The van der Waals surface area contributed by atoms with Gasteiger partial charge in [-0.25, -0.2) is 9.38 Å². The molecule has 1 aromatic heterocycles. The van der Waals surface area contributed by atoms with Crippen molar-refractivity contribution in [1.29, 1.82) is 0 Å². The van der Waals surface area contributed by atoms with Crippen molar-refractivity contribution in [1.82, 2.24) is 10.2 Å². The van der Waals surface area contributed by atoms with Crippen LogP contribution in [-0.4, -0.2) is 35.1 Å². The van der Waals surface area contributed by atoms with E-state index in [0.717, 1.165) is 11.1 Å². The molecule has 5 rings (SSSR count). The molecule has 4 aromatic rings. The number of carbonyl (C=O) groups excluding carboxylic acids is 1. The Balaban J connectivity index is 1.48. The Bertz CT molecular complexity index is 1350. The van der Waals surface area contributed by atoms with Crippen LogP contribution in [0.2, 0.25) is 0 Å². The van der Waals surface area contributed by atoms with Crippen LogP contribution in [0.5, 0.6) is 5.75 Å². The van der Waals surface area contributed by atoms with Gasteiger partial charge in [0, 0.05) is 16.7 Å². The van der Waals surface area contributed by atoms with Crippen LogP contribution in [0.15, 0.2) is 82.2 Å². The van der Waals surface area contributed by atoms with Crippen molar-refractivity contribution >= 4 is 23.3 Å². The molecule has 0 fully saturated rings. The second kappa shape index (κ2) is 8.54. The van der Waals surface area contributed by atoms with Gasteiger partial charge in [0.05, 0.1) is 18.5 Å². The van der Waals surface area contributed by atoms with Crippen LogP contribution in [0.4, 0.5) is 16.1 Å². The van der Waals surface area contributed by atoms with Crippen LogP contribution in [0.1, 0.15) is 11.1 Å². The van der Waals surface area contributed by atoms with Gasteiger partial charge in [0.1, 0.15) is 0 Å². The average Bonchev–Trinajstić information content (AvgIpc) is 3.26. The molecule has 0 saturated carbocycles. The van der Waals surface area contributed by atoms with E-state index in [1.165, 1.54) is 25.3 Å². The molecular weight excluding hydrogens is 425 g/mol. The Morgan fingerprint density at radius 3 is 2.61 bits per heavy atom. The number of fused-ring (bicyclic) bond motifs is 1. The molecule has 1 aliphatic heterocycles. The molecule has 3 aromatic carbocycles. The van der Waals surface area contributed by atoms with E-state index < -0.39 is 12.0 Å². The number of rotatable bonds is 5. The highest BCUT2D eigenvalue weighted by molar-refractivity contribution is 6.19. The molecule has 8 nitrogen and oxygen atoms in total. The monoisotopic (exact) mass is 443 g/mol. The van der Waals surface area contributed by atoms with Crippen LogP contribution >= 0.6 is 0 Å². The molecular formula is C24H18FN5O3. The second-order valence-electron chi connectivity index (χ2n) is 7.19. The predicted molar refractivity (Wildman–Crippen MR) is 121 cm³/mol. The van der Waals surface area contributed by atoms with E-state index in [9.17, 15) is 9.18 Å². The highest BCUT2D eigenvalue weighted by Crippen LogP contribution is 2.28. The lowest BCUT2D eigenvalue weighted by Crippen LogP contribution is -2.32. The fourth-order valence-corrected chi connectivity index (χ4v) is 3.49. The first-order chi connectivity index (χ1) is 16.1. The second-order valence-corrected chi connectivity index (χ2v) is 7.19. The number of nitrogens with zero attached hydrogens (tertiary/aromatic N) is 3. The zero-order chi connectivity index (χ0) is 22.8. The number of benzodiazepines with no additional fused rings is 1. The van der Waals surface area contributed by atoms with E-state index >= 15 is 0 Å². The van der Waals surface area contributed by atoms with Crippen molar-refractivity contribution in [2.75, 3.05) is 17.7 Å². The number of amides is 1. The summed E-state index contributed by atoms with van der Waals surface area (Å²) in [5.41, 5.74) is 3.42. The Kier molecular flexibility index (Phi) is 5.27. The van der Waals surface area contributed by atoms with Gasteiger partial charge in [-0.3, -0.25) is 4.79 Å². The zero-order valence-electron chi connectivity index (χ0n) is 17.4. The van der Waals surface area contributed by atoms with Gasteiger partial charge in [0.2, 0.25) is 12.1 Å². The van der Waals surface area contributed by atoms with E-state index in [-0.39, 0.29) is 23.6 Å². The van der Waals surface area contributed by atoms with Gasteiger partial charge in [0.15, 0.2) is 11.6 Å². The van der Waals surface area contributed by atoms with E-state index in [2.05, 4.69) is 25.8 Å². The highest BCUT2D eigenvalue weighted by atomic mass is 19.1. The topological polar surface area (TPSA) is 102 Å². The summed E-state index contributed by atoms with van der Waals surface area (Å²) in [7, 11) is 1.37. The molecule has 164 valence electrons. The van der Waals surface area contributed by atoms with Gasteiger partial charge in [-0.2, -0.15) is 0 Å². The van der Waals surface area contributed by atoms with Gasteiger partial charge >= 0.3 is 6.01 Å². The number of aliphatic imine (C=N–C) groups is 1. The number of halogens is 1. The minimum atomic E-state index is -1.02. The van der Waals surface area contributed by atoms with Gasteiger partial charge in [-0.1, -0.05) is 53.6 Å². The summed E-state index contributed by atoms with van der Waals surface area (Å²) in [5.74, 6) is -0.688. The largest absolute Gasteiger partial charge is 0.494 e. The van der Waals surface area contributed by atoms with Crippen LogP contribution in [0, 0.1) is 5.82 Å². The van der Waals surface area contributed by atoms with Gasteiger partial charge in [0.25, 0.3) is 5.91 Å². The number of hydrogen-bond donors (Lipinski definition) is 2. The normalized spacial score (nSPS) is 15.2. The molecule has 0 radical (unpaired) electrons. The highest BCUT2D eigenvalue weighted by Gasteiger charge is 2.27. The van der Waals surface area contributed by atoms with Crippen LogP contribution < -0.4 is 15.4 Å². The van der Waals surface area contributed by atoms with Crippen molar-refractivity contribution in [2.24, 2.45) is 4.99 Å². The molecule has 9 heteroatoms. The van der Waals surface area contributed by atoms with Gasteiger partial charge in [-0.05, 0) is 24.3 Å². The number of carbonyl (C=O) groups is 1. The molecule has 0 aliphatic carbocycles. The molecule has 1 amide bonds. The fourth-order valence-electron chi connectivity index (χ4n) is 3.49.